The van der Waals surface area contributed by atoms with E-state index in [4.69, 9.17) is 26.2 Å². The van der Waals surface area contributed by atoms with Crippen LogP contribution in [0, 0.1) is 5.92 Å². The van der Waals surface area contributed by atoms with Gasteiger partial charge in [-0.25, -0.2) is 4.79 Å². The molecule has 0 spiro atoms. The van der Waals surface area contributed by atoms with Crippen LogP contribution < -0.4 is 10.1 Å². The molecule has 0 amide bonds. The Balaban J connectivity index is 1.63. The molecule has 5 nitrogen and oxygen atoms in total. The maximum absolute atomic E-state index is 10.9. The summed E-state index contributed by atoms with van der Waals surface area (Å²) in [4.78, 5) is 10.9. The Morgan fingerprint density at radius 1 is 1.28 bits per heavy atom. The zero-order chi connectivity index (χ0) is 17.6. The molecule has 0 radical (unpaired) electrons. The minimum Gasteiger partial charge on any atom is -0.491 e. The van der Waals surface area contributed by atoms with E-state index in [9.17, 15) is 4.79 Å². The van der Waals surface area contributed by atoms with E-state index in [1.54, 1.807) is 30.3 Å². The maximum atomic E-state index is 10.9. The molecule has 1 aliphatic heterocycles. The summed E-state index contributed by atoms with van der Waals surface area (Å²) in [5.74, 6) is 0.242. The molecule has 1 atom stereocenters. The molecule has 25 heavy (non-hydrogen) atoms. The molecule has 3 rings (SSSR count). The first-order chi connectivity index (χ1) is 12.1. The second-order valence-electron chi connectivity index (χ2n) is 6.04. The Bertz CT molecular complexity index is 727. The van der Waals surface area contributed by atoms with Crippen molar-refractivity contribution in [3.63, 3.8) is 0 Å². The average Bonchev–Trinajstić information content (AvgIpc) is 3.13. The number of carboxylic acid groups (broad SMARTS) is 1. The number of aromatic carboxylic acids is 1. The quantitative estimate of drug-likeness (QED) is 0.778. The molecule has 1 unspecified atom stereocenters. The van der Waals surface area contributed by atoms with Gasteiger partial charge in [0.2, 0.25) is 0 Å². The van der Waals surface area contributed by atoms with Gasteiger partial charge in [-0.3, -0.25) is 0 Å². The predicted octanol–water partition coefficient (Wildman–Crippen LogP) is 4.07. The van der Waals surface area contributed by atoms with E-state index >= 15 is 0 Å². The first-order valence-corrected chi connectivity index (χ1v) is 8.56. The van der Waals surface area contributed by atoms with Crippen molar-refractivity contribution in [1.29, 1.82) is 0 Å². The van der Waals surface area contributed by atoms with Crippen molar-refractivity contribution in [2.24, 2.45) is 5.92 Å². The summed E-state index contributed by atoms with van der Waals surface area (Å²) >= 11 is 6.10. The molecule has 1 aliphatic rings. The van der Waals surface area contributed by atoms with Gasteiger partial charge in [-0.05, 0) is 42.3 Å². The average molecular weight is 362 g/mol. The van der Waals surface area contributed by atoms with Crippen LogP contribution in [0.2, 0.25) is 5.02 Å². The number of rotatable bonds is 7. The zero-order valence-corrected chi connectivity index (χ0v) is 14.5. The van der Waals surface area contributed by atoms with Crippen molar-refractivity contribution in [1.82, 2.24) is 0 Å². The first kappa shape index (κ1) is 17.6. The van der Waals surface area contributed by atoms with Crippen LogP contribution in [-0.4, -0.2) is 30.9 Å². The number of hydrogen-bond donors (Lipinski definition) is 2. The van der Waals surface area contributed by atoms with Crippen molar-refractivity contribution in [2.45, 2.75) is 13.0 Å². The Hall–Kier alpha value is -2.24. The molecule has 0 saturated carbocycles. The van der Waals surface area contributed by atoms with Crippen LogP contribution >= 0.6 is 11.6 Å². The van der Waals surface area contributed by atoms with E-state index in [0.29, 0.717) is 24.1 Å². The van der Waals surface area contributed by atoms with Gasteiger partial charge in [0.15, 0.2) is 0 Å². The van der Waals surface area contributed by atoms with Crippen LogP contribution in [0.15, 0.2) is 42.5 Å². The highest BCUT2D eigenvalue weighted by Crippen LogP contribution is 2.29. The van der Waals surface area contributed by atoms with E-state index in [1.807, 2.05) is 12.1 Å². The van der Waals surface area contributed by atoms with Gasteiger partial charge in [-0.1, -0.05) is 23.7 Å². The third kappa shape index (κ3) is 4.87. The van der Waals surface area contributed by atoms with Crippen LogP contribution in [0.3, 0.4) is 0 Å². The van der Waals surface area contributed by atoms with Crippen molar-refractivity contribution >= 4 is 23.3 Å². The summed E-state index contributed by atoms with van der Waals surface area (Å²) in [6.45, 7) is 2.70. The van der Waals surface area contributed by atoms with E-state index in [-0.39, 0.29) is 5.56 Å². The molecule has 1 heterocycles. The summed E-state index contributed by atoms with van der Waals surface area (Å²) in [7, 11) is 0. The Morgan fingerprint density at radius 2 is 2.08 bits per heavy atom. The third-order valence-corrected chi connectivity index (χ3v) is 4.36. The van der Waals surface area contributed by atoms with Gasteiger partial charge < -0.3 is 19.9 Å². The Kier molecular flexibility index (Phi) is 5.79. The highest BCUT2D eigenvalue weighted by atomic mass is 35.5. The van der Waals surface area contributed by atoms with Crippen molar-refractivity contribution in [3.05, 3.63) is 58.6 Å². The Labute approximate surface area is 151 Å². The van der Waals surface area contributed by atoms with Gasteiger partial charge in [-0.15, -0.1) is 0 Å². The number of carbonyl (C=O) groups is 1. The summed E-state index contributed by atoms with van der Waals surface area (Å²) in [6.07, 6.45) is 1.02. The van der Waals surface area contributed by atoms with E-state index < -0.39 is 5.97 Å². The van der Waals surface area contributed by atoms with Crippen LogP contribution in [0.1, 0.15) is 22.3 Å². The highest BCUT2D eigenvalue weighted by Gasteiger charge is 2.17. The zero-order valence-electron chi connectivity index (χ0n) is 13.7. The van der Waals surface area contributed by atoms with Crippen LogP contribution in [-0.2, 0) is 11.3 Å². The molecule has 0 aromatic heterocycles. The van der Waals surface area contributed by atoms with Gasteiger partial charge >= 0.3 is 5.97 Å². The van der Waals surface area contributed by atoms with Crippen molar-refractivity contribution in [2.75, 3.05) is 25.1 Å². The fraction of sp³-hybridized carbons (Fsp3) is 0.316. The number of benzene rings is 2. The van der Waals surface area contributed by atoms with Crippen LogP contribution in [0.5, 0.6) is 5.75 Å². The second kappa shape index (κ2) is 8.23. The standard InChI is InChI=1S/C19H20ClNO4/c20-16-5-6-18(25-12-14-7-8-24-11-14)17(9-16)21-10-13-1-3-15(4-2-13)19(22)23/h1-6,9,14,21H,7-8,10-12H2,(H,22,23). The largest absolute Gasteiger partial charge is 0.491 e. The maximum Gasteiger partial charge on any atom is 0.335 e. The van der Waals surface area contributed by atoms with Crippen LogP contribution in [0.4, 0.5) is 5.69 Å². The van der Waals surface area contributed by atoms with Gasteiger partial charge in [0.1, 0.15) is 5.75 Å². The van der Waals surface area contributed by atoms with Crippen molar-refractivity contribution in [3.8, 4) is 5.75 Å². The number of anilines is 1. The number of nitrogens with one attached hydrogen (secondary N) is 1. The van der Waals surface area contributed by atoms with Gasteiger partial charge in [-0.2, -0.15) is 0 Å². The molecule has 2 aromatic rings. The van der Waals surface area contributed by atoms with Crippen LogP contribution in [0.25, 0.3) is 0 Å². The van der Waals surface area contributed by atoms with Crippen molar-refractivity contribution < 1.29 is 19.4 Å². The van der Waals surface area contributed by atoms with E-state index in [0.717, 1.165) is 36.6 Å². The molecular weight excluding hydrogens is 342 g/mol. The summed E-state index contributed by atoms with van der Waals surface area (Å²) in [5, 5.41) is 12.9. The smallest absolute Gasteiger partial charge is 0.335 e. The summed E-state index contributed by atoms with van der Waals surface area (Å²) in [6, 6.07) is 12.2. The molecule has 132 valence electrons. The molecule has 1 saturated heterocycles. The highest BCUT2D eigenvalue weighted by molar-refractivity contribution is 6.30. The van der Waals surface area contributed by atoms with Gasteiger partial charge in [0.05, 0.1) is 24.5 Å². The predicted molar refractivity (Wildman–Crippen MR) is 96.6 cm³/mol. The van der Waals surface area contributed by atoms with E-state index in [2.05, 4.69) is 5.32 Å². The molecule has 2 aromatic carbocycles. The molecular formula is C19H20ClNO4. The molecule has 6 heteroatoms. The Morgan fingerprint density at radius 3 is 2.76 bits per heavy atom. The number of hydrogen-bond acceptors (Lipinski definition) is 4. The number of carboxylic acids is 1. The lowest BCUT2D eigenvalue weighted by atomic mass is 10.1. The topological polar surface area (TPSA) is 67.8 Å². The SMILES string of the molecule is O=C(O)c1ccc(CNc2cc(Cl)ccc2OCC2CCOC2)cc1. The monoisotopic (exact) mass is 361 g/mol. The third-order valence-electron chi connectivity index (χ3n) is 4.12. The van der Waals surface area contributed by atoms with Gasteiger partial charge in [0, 0.05) is 24.1 Å². The molecule has 0 bridgehead atoms. The second-order valence-corrected chi connectivity index (χ2v) is 6.47. The molecule has 1 fully saturated rings. The molecule has 0 aliphatic carbocycles. The van der Waals surface area contributed by atoms with Gasteiger partial charge in [0.25, 0.3) is 0 Å². The lowest BCUT2D eigenvalue weighted by Gasteiger charge is -2.16. The van der Waals surface area contributed by atoms with E-state index in [1.165, 1.54) is 0 Å². The summed E-state index contributed by atoms with van der Waals surface area (Å²) in [5.41, 5.74) is 2.06. The fourth-order valence-electron chi connectivity index (χ4n) is 2.65. The lowest BCUT2D eigenvalue weighted by Crippen LogP contribution is -2.12. The normalized spacial score (nSPS) is 16.6. The first-order valence-electron chi connectivity index (χ1n) is 8.18. The minimum atomic E-state index is -0.930. The number of ether oxygens (including phenoxy) is 2. The number of halogens is 1. The minimum absolute atomic E-state index is 0.273. The summed E-state index contributed by atoms with van der Waals surface area (Å²) < 4.78 is 11.3. The molecule has 2 N–H and O–H groups in total. The fourth-order valence-corrected chi connectivity index (χ4v) is 2.82. The lowest BCUT2D eigenvalue weighted by molar-refractivity contribution is 0.0697.